The van der Waals surface area contributed by atoms with Crippen LogP contribution in [0, 0.1) is 5.92 Å². The van der Waals surface area contributed by atoms with Gasteiger partial charge < -0.3 is 107 Å². The van der Waals surface area contributed by atoms with Crippen molar-refractivity contribution in [1.29, 1.82) is 0 Å². The van der Waals surface area contributed by atoms with Crippen molar-refractivity contribution >= 4 is 71.0 Å². The Morgan fingerprint density at radius 2 is 1.31 bits per heavy atom. The van der Waals surface area contributed by atoms with Crippen molar-refractivity contribution < 1.29 is 132 Å². The summed E-state index contributed by atoms with van der Waals surface area (Å²) in [6.07, 6.45) is -10.6. The maximum absolute atomic E-state index is 14.7. The van der Waals surface area contributed by atoms with Crippen LogP contribution in [-0.2, 0) is 54.1 Å². The van der Waals surface area contributed by atoms with Gasteiger partial charge in [0.15, 0.2) is 11.5 Å². The van der Waals surface area contributed by atoms with E-state index in [0.29, 0.717) is 32.8 Å². The number of unbranched alkanes of at least 4 members (excludes halogenated alkanes) is 2. The number of hydrogen-bond donors (Lipinski definition) is 13. The van der Waals surface area contributed by atoms with E-state index in [1.807, 2.05) is 24.3 Å². The monoisotopic (exact) mass is 1380 g/mol. The number of amides is 8. The fraction of sp³-hybridized carbons (Fsp3) is 0.500. The molecular weight excluding hydrogens is 1300 g/mol. The molecule has 0 bridgehead atoms. The molecule has 0 spiro atoms. The molecule has 12 unspecified atom stereocenters. The molecule has 8 amide bonds. The van der Waals surface area contributed by atoms with Crippen LogP contribution in [0.2, 0.25) is 0 Å². The molecule has 8 rings (SSSR count). The number of phenolic OH excluding ortho intramolecular Hbond substituents is 1. The van der Waals surface area contributed by atoms with E-state index in [2.05, 4.69) is 70.0 Å². The van der Waals surface area contributed by atoms with E-state index in [-0.39, 0.29) is 58.8 Å². The third-order valence-corrected chi connectivity index (χ3v) is 17.6. The first-order valence-corrected chi connectivity index (χ1v) is 32.1. The van der Waals surface area contributed by atoms with Crippen molar-refractivity contribution in [2.75, 3.05) is 75.9 Å². The number of fused-ring (bicyclic) bond motifs is 2. The molecule has 4 aromatic rings. The Morgan fingerprint density at radius 1 is 0.711 bits per heavy atom. The molecule has 97 heavy (non-hydrogen) atoms. The van der Waals surface area contributed by atoms with E-state index in [1.165, 1.54) is 25.1 Å². The molecule has 0 aromatic heterocycles. The van der Waals surface area contributed by atoms with E-state index in [9.17, 15) is 79.4 Å². The number of methoxy groups -OCH3 is 1. The number of aromatic hydroxyl groups is 1. The number of nitrogens with two attached hydrogens (primary N) is 1. The zero-order valence-corrected chi connectivity index (χ0v) is 56.9. The van der Waals surface area contributed by atoms with Gasteiger partial charge in [-0.3, -0.25) is 43.4 Å². The molecule has 4 saturated heterocycles. The van der Waals surface area contributed by atoms with Gasteiger partial charge in [0, 0.05) is 102 Å². The van der Waals surface area contributed by atoms with Gasteiger partial charge in [0.25, 0.3) is 18.2 Å². The van der Waals surface area contributed by atoms with Gasteiger partial charge in [-0.1, -0.05) is 37.3 Å². The Kier molecular flexibility index (Phi) is 28.9. The number of carbonyl (C=O) groups excluding carboxylic acids is 8. The summed E-state index contributed by atoms with van der Waals surface area (Å²) in [7, 11) is 1.70. The largest absolute Gasteiger partial charge is 1.00 e. The fourth-order valence-electron chi connectivity index (χ4n) is 12.0. The summed E-state index contributed by atoms with van der Waals surface area (Å²) >= 11 is -0.00217. The molecule has 4 aliphatic rings. The summed E-state index contributed by atoms with van der Waals surface area (Å²) in [5.41, 5.74) is 9.53. The number of rotatable bonds is 23. The molecule has 0 aliphatic carbocycles. The summed E-state index contributed by atoms with van der Waals surface area (Å²) in [6, 6.07) is 14.7. The number of anilines is 2. The maximum Gasteiger partial charge on any atom is 1.00 e. The van der Waals surface area contributed by atoms with Crippen LogP contribution >= 0.6 is 12.3 Å². The van der Waals surface area contributed by atoms with Crippen LogP contribution < -0.4 is 85.9 Å². The number of ether oxygens (including phenoxy) is 2. The van der Waals surface area contributed by atoms with Crippen molar-refractivity contribution in [3.05, 3.63) is 102 Å². The molecule has 4 aromatic carbocycles. The summed E-state index contributed by atoms with van der Waals surface area (Å²) < 4.78 is 20.2. The maximum atomic E-state index is 14.7. The molecule has 0 radical (unpaired) electrons. The number of nitrogens with one attached hydrogen (secondary N) is 5. The summed E-state index contributed by atoms with van der Waals surface area (Å²) in [4.78, 5) is 120. The average molecular weight is 1380 g/mol. The quantitative estimate of drug-likeness (QED) is 0.0108. The molecule has 4 heterocycles. The summed E-state index contributed by atoms with van der Waals surface area (Å²) in [5, 5.41) is 104. The summed E-state index contributed by atoms with van der Waals surface area (Å²) in [6.45, 7) is 4.92. The normalized spacial score (nSPS) is 24.8. The molecule has 31 nitrogen and oxygen atoms in total. The minimum atomic E-state index is -2.22. The van der Waals surface area contributed by atoms with Crippen LogP contribution in [0.15, 0.2) is 91.0 Å². The molecule has 4 fully saturated rings. The van der Waals surface area contributed by atoms with Crippen LogP contribution in [0.1, 0.15) is 68.3 Å². The van der Waals surface area contributed by atoms with Crippen LogP contribution in [0.3, 0.4) is 0 Å². The number of carbonyl (C=O) groups is 8. The molecule has 522 valence electrons. The molecule has 13 atom stereocenters. The third kappa shape index (κ3) is 20.6. The Bertz CT molecular complexity index is 3320. The van der Waals surface area contributed by atoms with Gasteiger partial charge in [0.2, 0.25) is 41.4 Å². The molecule has 0 saturated carbocycles. The summed E-state index contributed by atoms with van der Waals surface area (Å²) in [5.74, 6) is -10.2. The van der Waals surface area contributed by atoms with Gasteiger partial charge in [0.05, 0.1) is 49.7 Å². The van der Waals surface area contributed by atoms with Gasteiger partial charge in [-0.15, -0.1) is 4.33 Å². The van der Waals surface area contributed by atoms with Crippen LogP contribution in [0.5, 0.6) is 17.2 Å². The van der Waals surface area contributed by atoms with E-state index in [0.717, 1.165) is 83.0 Å². The molecular formula is C64H83N10NaO21S. The number of phenols is 1. The topological polar surface area (TPSA) is 447 Å². The SMILES string of the molecule is COCCCCCOc1ccc(-c2ccc(N3CCN(c4ccc(C(=O)N[C@H]5CC(O)CNC(=O)C6C(O)C(C)CN6C(=O)C(C(O)CC(N)=O)NC(=O)C(C(O)Cc6ccc(O)c(OSOO[O-])c6)NC(=O)C6CC(O)CN6C(=O)C(C(C)O)NC5=O)cc4)CC3)cc2)cc1.[Na+]. The number of nitrogens with zero attached hydrogens (tertiary/aromatic N) is 4. The van der Waals surface area contributed by atoms with Gasteiger partial charge in [-0.05, 0) is 104 Å². The van der Waals surface area contributed by atoms with Crippen molar-refractivity contribution in [1.82, 2.24) is 36.4 Å². The van der Waals surface area contributed by atoms with Crippen LogP contribution in [0.4, 0.5) is 11.4 Å². The molecule has 33 heteroatoms. The fourth-order valence-corrected chi connectivity index (χ4v) is 12.3. The average Bonchev–Trinajstić information content (AvgIpc) is 1.68. The third-order valence-electron chi connectivity index (χ3n) is 17.3. The smallest absolute Gasteiger partial charge is 0.691 e. The van der Waals surface area contributed by atoms with Gasteiger partial charge in [-0.25, -0.2) is 0 Å². The van der Waals surface area contributed by atoms with Crippen molar-refractivity contribution in [2.45, 2.75) is 132 Å². The second-order valence-corrected chi connectivity index (χ2v) is 24.7. The van der Waals surface area contributed by atoms with Crippen LogP contribution in [-0.4, -0.2) is 232 Å². The Hall–Kier alpha value is -7.41. The van der Waals surface area contributed by atoms with Gasteiger partial charge in [0.1, 0.15) is 42.0 Å². The molecule has 14 N–H and O–H groups in total. The van der Waals surface area contributed by atoms with Crippen molar-refractivity contribution in [3.63, 3.8) is 0 Å². The van der Waals surface area contributed by atoms with Crippen molar-refractivity contribution in [3.8, 4) is 28.4 Å². The van der Waals surface area contributed by atoms with E-state index in [1.54, 1.807) is 19.2 Å². The Morgan fingerprint density at radius 3 is 1.93 bits per heavy atom. The minimum absolute atomic E-state index is 0. The number of primary amides is 1. The van der Waals surface area contributed by atoms with E-state index < -0.39 is 177 Å². The Balaban J connectivity index is 0.0000133. The first kappa shape index (κ1) is 76.9. The van der Waals surface area contributed by atoms with Crippen molar-refractivity contribution in [2.24, 2.45) is 11.7 Å². The number of benzene rings is 4. The number of aliphatic hydroxyl groups is 6. The van der Waals surface area contributed by atoms with Crippen LogP contribution in [0.25, 0.3) is 11.1 Å². The number of hydrogen-bond acceptors (Lipinski definition) is 24. The van der Waals surface area contributed by atoms with E-state index in [4.69, 9.17) is 19.4 Å². The number of β-amino-alcohol motifs (C(OH)–C–C–N with tert-alkyl or cyclic N) is 1. The second kappa shape index (κ2) is 36.4. The number of aliphatic hydroxyl groups excluding tert-OH is 6. The van der Waals surface area contributed by atoms with Gasteiger partial charge in [-0.2, -0.15) is 0 Å². The van der Waals surface area contributed by atoms with Gasteiger partial charge >= 0.3 is 29.6 Å². The molecule has 4 aliphatic heterocycles. The second-order valence-electron chi connectivity index (χ2n) is 24.3. The predicted octanol–water partition coefficient (Wildman–Crippen LogP) is -5.43. The standard InChI is InChI=1S/C64H84N10O21S.Na/c1-35-33-74-56(57(35)82)62(87)66-32-43(76)29-46(67-58(83)40-10-16-42(17-11-40)72-23-21-71(22-24-72)41-14-8-38(9-15-41)39-12-18-45(19-13-39)92-26-6-4-5-25-91-3)59(84)68-53(36(2)75)63(88)73-34-44(77)30-47(73)60(85)69-54(61(86)70-55(64(74)89)50(80)31-52(65)81)49(79)27-37-7-20-48(78)51(28-37)93-96-95-94-90;/h7-20,28,35-36,43-44,46-47,49-50,53-57,75-80,82,90H,4-6,21-27,29-34H2,1-3H3,(H2,65,81)(H,66,87)(H,67,83)(H,68,84)(H,69,85)(H,70,86);/q;+1/p-1/t35?,36?,43?,44?,46-,47?,49?,50?,53?,54?,55?,56?,57?;/m0./s1. The zero-order chi connectivity index (χ0) is 69.3. The van der Waals surface area contributed by atoms with E-state index >= 15 is 0 Å². The predicted molar refractivity (Wildman–Crippen MR) is 341 cm³/mol. The Labute approximate surface area is 585 Å². The first-order valence-electron chi connectivity index (χ1n) is 31.5. The number of piperazine rings is 1. The first-order chi connectivity index (χ1) is 45.9. The minimum Gasteiger partial charge on any atom is -0.691 e. The zero-order valence-electron chi connectivity index (χ0n) is 54.1.